The van der Waals surface area contributed by atoms with E-state index in [9.17, 15) is 8.42 Å². The zero-order valence-electron chi connectivity index (χ0n) is 16.2. The van der Waals surface area contributed by atoms with Gasteiger partial charge in [0.15, 0.2) is 11.5 Å². The molecule has 1 heterocycles. The molecule has 1 aliphatic rings. The molecule has 0 aromatic heterocycles. The lowest BCUT2D eigenvalue weighted by Crippen LogP contribution is -2.28. The van der Waals surface area contributed by atoms with Crippen LogP contribution in [0.15, 0.2) is 36.4 Å². The summed E-state index contributed by atoms with van der Waals surface area (Å²) in [5.41, 5.74) is 3.52. The lowest BCUT2D eigenvalue weighted by atomic mass is 9.99. The fraction of sp³-hybridized carbons (Fsp3) is 0.429. The van der Waals surface area contributed by atoms with Gasteiger partial charge >= 0.3 is 0 Å². The molecular formula is C21H27NO4S. The van der Waals surface area contributed by atoms with Crippen LogP contribution in [0.3, 0.4) is 0 Å². The third kappa shape index (κ3) is 4.28. The Bertz CT molecular complexity index is 908. The Hall–Kier alpha value is -2.05. The molecule has 0 aliphatic carbocycles. The maximum Gasteiger partial charge on any atom is 0.288 e. The van der Waals surface area contributed by atoms with Crippen LogP contribution < -0.4 is 9.80 Å². The molecular weight excluding hydrogens is 362 g/mol. The first-order valence-electron chi connectivity index (χ1n) is 9.64. The summed E-state index contributed by atoms with van der Waals surface area (Å²) in [5.74, 6) is 1.21. The van der Waals surface area contributed by atoms with Crippen LogP contribution in [0.4, 0.5) is 11.4 Å². The highest BCUT2D eigenvalue weighted by molar-refractivity contribution is 7.86. The number of fused-ring (bicyclic) bond motifs is 2. The van der Waals surface area contributed by atoms with Gasteiger partial charge in [-0.05, 0) is 48.6 Å². The standard InChI is InChI=1S/C21H27NO4S/c1-4-9-16-14-17(10-5-2)21-20(15-16)25-19-12-8-7-11-18(19)22(21)26-27(23,24)13-6-3/h7-8,11-12,14-15H,4-6,9-10,13H2,1-3H3. The van der Waals surface area contributed by atoms with E-state index in [1.54, 1.807) is 0 Å². The molecule has 0 radical (unpaired) electrons. The van der Waals surface area contributed by atoms with Crippen LogP contribution in [-0.4, -0.2) is 14.2 Å². The van der Waals surface area contributed by atoms with Gasteiger partial charge in [-0.1, -0.05) is 51.8 Å². The van der Waals surface area contributed by atoms with Gasteiger partial charge in [0.05, 0.1) is 5.75 Å². The van der Waals surface area contributed by atoms with Crippen molar-refractivity contribution in [3.63, 3.8) is 0 Å². The topological polar surface area (TPSA) is 55.8 Å². The predicted molar refractivity (Wildman–Crippen MR) is 108 cm³/mol. The van der Waals surface area contributed by atoms with Crippen LogP contribution in [0.1, 0.15) is 51.2 Å². The van der Waals surface area contributed by atoms with Gasteiger partial charge in [-0.2, -0.15) is 13.5 Å². The normalized spacial score (nSPS) is 13.1. The van der Waals surface area contributed by atoms with Crippen molar-refractivity contribution in [1.29, 1.82) is 0 Å². The first-order chi connectivity index (χ1) is 13.0. The van der Waals surface area contributed by atoms with Crippen molar-refractivity contribution in [1.82, 2.24) is 0 Å². The Morgan fingerprint density at radius 1 is 0.963 bits per heavy atom. The van der Waals surface area contributed by atoms with E-state index in [0.29, 0.717) is 29.3 Å². The highest BCUT2D eigenvalue weighted by Gasteiger charge is 2.31. The van der Waals surface area contributed by atoms with Gasteiger partial charge in [0.1, 0.15) is 11.4 Å². The van der Waals surface area contributed by atoms with Crippen LogP contribution in [-0.2, 0) is 27.2 Å². The van der Waals surface area contributed by atoms with E-state index in [1.165, 1.54) is 10.6 Å². The van der Waals surface area contributed by atoms with E-state index in [1.807, 2.05) is 37.3 Å². The number of aryl methyl sites for hydroxylation is 2. The van der Waals surface area contributed by atoms with Gasteiger partial charge < -0.3 is 4.74 Å². The molecule has 0 amide bonds. The zero-order chi connectivity index (χ0) is 19.4. The van der Waals surface area contributed by atoms with E-state index in [0.717, 1.165) is 31.2 Å². The predicted octanol–water partition coefficient (Wildman–Crippen LogP) is 5.51. The average molecular weight is 390 g/mol. The lowest BCUT2D eigenvalue weighted by molar-refractivity contribution is 0.307. The van der Waals surface area contributed by atoms with E-state index in [2.05, 4.69) is 19.9 Å². The minimum absolute atomic E-state index is 0.0289. The fourth-order valence-electron chi connectivity index (χ4n) is 3.36. The highest BCUT2D eigenvalue weighted by Crippen LogP contribution is 2.49. The summed E-state index contributed by atoms with van der Waals surface area (Å²) in [6.07, 6.45) is 4.24. The summed E-state index contributed by atoms with van der Waals surface area (Å²) in [5, 5.41) is 1.44. The summed E-state index contributed by atoms with van der Waals surface area (Å²) in [6, 6.07) is 11.5. The number of para-hydroxylation sites is 2. The highest BCUT2D eigenvalue weighted by atomic mass is 32.2. The zero-order valence-corrected chi connectivity index (χ0v) is 17.0. The molecule has 0 N–H and O–H groups in total. The van der Waals surface area contributed by atoms with Gasteiger partial charge in [0.2, 0.25) is 0 Å². The Morgan fingerprint density at radius 2 is 1.70 bits per heavy atom. The quantitative estimate of drug-likeness (QED) is 0.596. The molecule has 27 heavy (non-hydrogen) atoms. The largest absolute Gasteiger partial charge is 0.453 e. The van der Waals surface area contributed by atoms with Crippen LogP contribution in [0.2, 0.25) is 0 Å². The van der Waals surface area contributed by atoms with Crippen LogP contribution in [0.5, 0.6) is 11.5 Å². The van der Waals surface area contributed by atoms with E-state index in [4.69, 9.17) is 9.02 Å². The Kier molecular flexibility index (Phi) is 6.07. The van der Waals surface area contributed by atoms with Gasteiger partial charge in [-0.15, -0.1) is 4.28 Å². The second-order valence-corrected chi connectivity index (χ2v) is 8.47. The molecule has 2 aromatic carbocycles. The van der Waals surface area contributed by atoms with Crippen molar-refractivity contribution >= 4 is 21.5 Å². The lowest BCUT2D eigenvalue weighted by Gasteiger charge is -2.33. The molecule has 146 valence electrons. The molecule has 0 bridgehead atoms. The Balaban J connectivity index is 2.16. The molecule has 3 rings (SSSR count). The molecule has 1 aliphatic heterocycles. The van der Waals surface area contributed by atoms with Gasteiger partial charge in [-0.3, -0.25) is 0 Å². The smallest absolute Gasteiger partial charge is 0.288 e. The van der Waals surface area contributed by atoms with Crippen molar-refractivity contribution in [2.75, 3.05) is 10.8 Å². The van der Waals surface area contributed by atoms with Crippen molar-refractivity contribution in [2.24, 2.45) is 0 Å². The molecule has 6 heteroatoms. The summed E-state index contributed by atoms with van der Waals surface area (Å²) >= 11 is 0. The Morgan fingerprint density at radius 3 is 2.41 bits per heavy atom. The fourth-order valence-corrected chi connectivity index (χ4v) is 4.31. The molecule has 2 aromatic rings. The van der Waals surface area contributed by atoms with E-state index < -0.39 is 10.1 Å². The number of ether oxygens (including phenoxy) is 1. The van der Waals surface area contributed by atoms with Crippen molar-refractivity contribution in [3.8, 4) is 11.5 Å². The number of nitrogens with zero attached hydrogens (tertiary/aromatic N) is 1. The van der Waals surface area contributed by atoms with Gasteiger partial charge in [0.25, 0.3) is 10.1 Å². The van der Waals surface area contributed by atoms with Crippen LogP contribution >= 0.6 is 0 Å². The second-order valence-electron chi connectivity index (χ2n) is 6.80. The first-order valence-corrected chi connectivity index (χ1v) is 11.2. The molecule has 0 saturated heterocycles. The SMILES string of the molecule is CCCc1cc(CCC)c2c(c1)Oc1ccccc1N2OS(=O)(=O)CCC. The number of hydrogen-bond donors (Lipinski definition) is 0. The van der Waals surface area contributed by atoms with Crippen molar-refractivity contribution in [2.45, 2.75) is 52.9 Å². The van der Waals surface area contributed by atoms with Crippen LogP contribution in [0, 0.1) is 0 Å². The van der Waals surface area contributed by atoms with E-state index >= 15 is 0 Å². The monoisotopic (exact) mass is 389 g/mol. The third-order valence-corrected chi connectivity index (χ3v) is 5.71. The minimum Gasteiger partial charge on any atom is -0.453 e. The second kappa shape index (κ2) is 8.31. The van der Waals surface area contributed by atoms with Crippen molar-refractivity contribution in [3.05, 3.63) is 47.5 Å². The average Bonchev–Trinajstić information content (AvgIpc) is 2.61. The maximum atomic E-state index is 12.5. The van der Waals surface area contributed by atoms with Crippen LogP contribution in [0.25, 0.3) is 0 Å². The van der Waals surface area contributed by atoms with Gasteiger partial charge in [0, 0.05) is 0 Å². The molecule has 0 spiro atoms. The molecule has 5 nitrogen and oxygen atoms in total. The van der Waals surface area contributed by atoms with Gasteiger partial charge in [-0.25, -0.2) is 0 Å². The Labute approximate surface area is 162 Å². The molecule has 0 atom stereocenters. The van der Waals surface area contributed by atoms with Crippen molar-refractivity contribution < 1.29 is 17.4 Å². The molecule has 0 fully saturated rings. The number of rotatable bonds is 8. The summed E-state index contributed by atoms with van der Waals surface area (Å²) in [4.78, 5) is 0. The molecule has 0 unspecified atom stereocenters. The minimum atomic E-state index is -3.70. The number of benzene rings is 2. The third-order valence-electron chi connectivity index (χ3n) is 4.42. The van der Waals surface area contributed by atoms with E-state index in [-0.39, 0.29) is 5.75 Å². The number of hydrogen-bond acceptors (Lipinski definition) is 5. The summed E-state index contributed by atoms with van der Waals surface area (Å²) in [7, 11) is -3.70. The summed E-state index contributed by atoms with van der Waals surface area (Å²) < 4.78 is 36.6. The summed E-state index contributed by atoms with van der Waals surface area (Å²) in [6.45, 7) is 6.07. The maximum absolute atomic E-state index is 12.5. The molecule has 0 saturated carbocycles. The first kappa shape index (κ1) is 19.7. The number of anilines is 2.